The van der Waals surface area contributed by atoms with Crippen LogP contribution < -0.4 is 0 Å². The average Bonchev–Trinajstić information content (AvgIpc) is 2.02. The summed E-state index contributed by atoms with van der Waals surface area (Å²) < 4.78 is 9.70. The van der Waals surface area contributed by atoms with E-state index in [1.54, 1.807) is 26.8 Å². The van der Waals surface area contributed by atoms with E-state index in [0.717, 1.165) is 0 Å². The first-order chi connectivity index (χ1) is 6.45. The van der Waals surface area contributed by atoms with Crippen LogP contribution in [0.2, 0.25) is 0 Å². The molecule has 0 aliphatic heterocycles. The lowest BCUT2D eigenvalue weighted by atomic mass is 10.3. The molecule has 0 radical (unpaired) electrons. The molecule has 0 saturated heterocycles. The predicted octanol–water partition coefficient (Wildman–Crippen LogP) is 1.24. The van der Waals surface area contributed by atoms with Gasteiger partial charge in [-0.15, -0.1) is 0 Å². The van der Waals surface area contributed by atoms with Crippen LogP contribution in [0.1, 0.15) is 27.2 Å². The molecule has 0 fully saturated rings. The van der Waals surface area contributed by atoms with Gasteiger partial charge in [0.05, 0.1) is 13.2 Å². The van der Waals surface area contributed by atoms with Crippen LogP contribution in [0.15, 0.2) is 12.2 Å². The van der Waals surface area contributed by atoms with Gasteiger partial charge in [-0.05, 0) is 27.2 Å². The SMILES string of the molecule is CCOC(=O)/C=C\CCOC(C)(C)O. The van der Waals surface area contributed by atoms with Crippen molar-refractivity contribution in [2.24, 2.45) is 0 Å². The lowest BCUT2D eigenvalue weighted by Gasteiger charge is -2.17. The van der Waals surface area contributed by atoms with Crippen molar-refractivity contribution in [1.82, 2.24) is 0 Å². The molecular weight excluding hydrogens is 184 g/mol. The fraction of sp³-hybridized carbons (Fsp3) is 0.700. The normalized spacial score (nSPS) is 12.0. The van der Waals surface area contributed by atoms with Gasteiger partial charge >= 0.3 is 5.97 Å². The van der Waals surface area contributed by atoms with Crippen molar-refractivity contribution < 1.29 is 19.4 Å². The molecular formula is C10H18O4. The molecule has 0 aromatic heterocycles. The van der Waals surface area contributed by atoms with Gasteiger partial charge in [-0.25, -0.2) is 4.79 Å². The fourth-order valence-corrected chi connectivity index (χ4v) is 0.747. The molecule has 0 atom stereocenters. The second-order valence-corrected chi connectivity index (χ2v) is 3.24. The molecule has 0 amide bonds. The predicted molar refractivity (Wildman–Crippen MR) is 52.6 cm³/mol. The largest absolute Gasteiger partial charge is 0.463 e. The highest BCUT2D eigenvalue weighted by Gasteiger charge is 2.10. The van der Waals surface area contributed by atoms with Gasteiger partial charge in [-0.3, -0.25) is 0 Å². The lowest BCUT2D eigenvalue weighted by molar-refractivity contribution is -0.174. The molecule has 14 heavy (non-hydrogen) atoms. The molecule has 82 valence electrons. The maximum atomic E-state index is 10.8. The molecule has 0 saturated carbocycles. The molecule has 0 aliphatic rings. The smallest absolute Gasteiger partial charge is 0.330 e. The Hall–Kier alpha value is -0.870. The van der Waals surface area contributed by atoms with Crippen molar-refractivity contribution in [1.29, 1.82) is 0 Å². The summed E-state index contributed by atoms with van der Waals surface area (Å²) in [6, 6.07) is 0. The number of hydrogen-bond donors (Lipinski definition) is 1. The Balaban J connectivity index is 3.49. The van der Waals surface area contributed by atoms with Crippen molar-refractivity contribution in [3.05, 3.63) is 12.2 Å². The maximum Gasteiger partial charge on any atom is 0.330 e. The zero-order chi connectivity index (χ0) is 11.0. The van der Waals surface area contributed by atoms with Gasteiger partial charge in [-0.2, -0.15) is 0 Å². The van der Waals surface area contributed by atoms with Gasteiger partial charge in [0.25, 0.3) is 0 Å². The third-order valence-electron chi connectivity index (χ3n) is 1.28. The van der Waals surface area contributed by atoms with Crippen LogP contribution in [-0.4, -0.2) is 30.1 Å². The molecule has 0 bridgehead atoms. The standard InChI is InChI=1S/C10H18O4/c1-4-13-9(11)7-5-6-8-14-10(2,3)12/h5,7,12H,4,6,8H2,1-3H3/b7-5-. The van der Waals surface area contributed by atoms with Crippen molar-refractivity contribution in [2.75, 3.05) is 13.2 Å². The number of esters is 1. The Kier molecular flexibility index (Phi) is 6.16. The summed E-state index contributed by atoms with van der Waals surface area (Å²) in [5.41, 5.74) is 0. The maximum absolute atomic E-state index is 10.8. The van der Waals surface area contributed by atoms with Crippen molar-refractivity contribution in [3.63, 3.8) is 0 Å². The first-order valence-corrected chi connectivity index (χ1v) is 4.65. The quantitative estimate of drug-likeness (QED) is 0.305. The van der Waals surface area contributed by atoms with E-state index in [2.05, 4.69) is 4.74 Å². The summed E-state index contributed by atoms with van der Waals surface area (Å²) in [6.07, 6.45) is 3.59. The van der Waals surface area contributed by atoms with E-state index in [4.69, 9.17) is 4.74 Å². The number of aliphatic hydroxyl groups is 1. The Bertz CT molecular complexity index is 191. The topological polar surface area (TPSA) is 55.8 Å². The van der Waals surface area contributed by atoms with E-state index in [0.29, 0.717) is 19.6 Å². The summed E-state index contributed by atoms with van der Waals surface area (Å²) in [5, 5.41) is 9.17. The van der Waals surface area contributed by atoms with Crippen LogP contribution in [0.3, 0.4) is 0 Å². The molecule has 0 unspecified atom stereocenters. The highest BCUT2D eigenvalue weighted by molar-refractivity contribution is 5.81. The number of hydrogen-bond acceptors (Lipinski definition) is 4. The van der Waals surface area contributed by atoms with Crippen molar-refractivity contribution in [3.8, 4) is 0 Å². The van der Waals surface area contributed by atoms with E-state index in [1.165, 1.54) is 6.08 Å². The third kappa shape index (κ3) is 9.22. The zero-order valence-electron chi connectivity index (χ0n) is 8.95. The van der Waals surface area contributed by atoms with E-state index < -0.39 is 5.79 Å². The van der Waals surface area contributed by atoms with Crippen LogP contribution >= 0.6 is 0 Å². The number of rotatable bonds is 6. The highest BCUT2D eigenvalue weighted by Crippen LogP contribution is 2.03. The van der Waals surface area contributed by atoms with Gasteiger partial charge < -0.3 is 14.6 Å². The summed E-state index contributed by atoms with van der Waals surface area (Å²) >= 11 is 0. The van der Waals surface area contributed by atoms with Crippen LogP contribution in [-0.2, 0) is 14.3 Å². The minimum atomic E-state index is -1.11. The summed E-state index contributed by atoms with van der Waals surface area (Å²) in [4.78, 5) is 10.8. The first kappa shape index (κ1) is 13.1. The van der Waals surface area contributed by atoms with Gasteiger partial charge in [-0.1, -0.05) is 6.08 Å². The Labute approximate surface area is 84.5 Å². The van der Waals surface area contributed by atoms with E-state index >= 15 is 0 Å². The molecule has 0 aliphatic carbocycles. The zero-order valence-corrected chi connectivity index (χ0v) is 8.95. The molecule has 0 heterocycles. The summed E-state index contributed by atoms with van der Waals surface area (Å²) in [6.45, 7) is 5.62. The number of ether oxygens (including phenoxy) is 2. The molecule has 0 spiro atoms. The molecule has 4 nitrogen and oxygen atoms in total. The Morgan fingerprint density at radius 2 is 2.14 bits per heavy atom. The van der Waals surface area contributed by atoms with E-state index in [1.807, 2.05) is 0 Å². The van der Waals surface area contributed by atoms with Gasteiger partial charge in [0.1, 0.15) is 0 Å². The van der Waals surface area contributed by atoms with Gasteiger partial charge in [0.2, 0.25) is 0 Å². The monoisotopic (exact) mass is 202 g/mol. The highest BCUT2D eigenvalue weighted by atomic mass is 16.6. The van der Waals surface area contributed by atoms with E-state index in [-0.39, 0.29) is 5.97 Å². The minimum Gasteiger partial charge on any atom is -0.463 e. The van der Waals surface area contributed by atoms with Crippen molar-refractivity contribution in [2.45, 2.75) is 33.0 Å². The van der Waals surface area contributed by atoms with Crippen molar-refractivity contribution >= 4 is 5.97 Å². The molecule has 0 aromatic carbocycles. The molecule has 4 heteroatoms. The molecule has 1 N–H and O–H groups in total. The first-order valence-electron chi connectivity index (χ1n) is 4.65. The molecule has 0 rings (SSSR count). The second-order valence-electron chi connectivity index (χ2n) is 3.24. The number of carbonyl (C=O) groups excluding carboxylic acids is 1. The van der Waals surface area contributed by atoms with Crippen LogP contribution in [0.4, 0.5) is 0 Å². The lowest BCUT2D eigenvalue weighted by Crippen LogP contribution is -2.23. The Morgan fingerprint density at radius 3 is 2.64 bits per heavy atom. The van der Waals surface area contributed by atoms with Crippen LogP contribution in [0, 0.1) is 0 Å². The number of carbonyl (C=O) groups is 1. The summed E-state index contributed by atoms with van der Waals surface area (Å²) in [7, 11) is 0. The van der Waals surface area contributed by atoms with Gasteiger partial charge in [0, 0.05) is 6.08 Å². The molecule has 0 aromatic rings. The van der Waals surface area contributed by atoms with E-state index in [9.17, 15) is 9.90 Å². The third-order valence-corrected chi connectivity index (χ3v) is 1.28. The Morgan fingerprint density at radius 1 is 1.50 bits per heavy atom. The fourth-order valence-electron chi connectivity index (χ4n) is 0.747. The minimum absolute atomic E-state index is 0.351. The summed E-state index contributed by atoms with van der Waals surface area (Å²) in [5.74, 6) is -1.46. The van der Waals surface area contributed by atoms with Gasteiger partial charge in [0.15, 0.2) is 5.79 Å². The second kappa shape index (κ2) is 6.56. The average molecular weight is 202 g/mol. The van der Waals surface area contributed by atoms with Crippen LogP contribution in [0.25, 0.3) is 0 Å². The van der Waals surface area contributed by atoms with Crippen LogP contribution in [0.5, 0.6) is 0 Å².